The van der Waals surface area contributed by atoms with Gasteiger partial charge in [0, 0.05) is 18.1 Å². The molecule has 2 aromatic rings. The van der Waals surface area contributed by atoms with Crippen molar-refractivity contribution in [1.29, 1.82) is 0 Å². The van der Waals surface area contributed by atoms with E-state index in [1.165, 1.54) is 18.2 Å². The van der Waals surface area contributed by atoms with Gasteiger partial charge in [0.05, 0.1) is 18.6 Å². The molecule has 0 radical (unpaired) electrons. The van der Waals surface area contributed by atoms with Crippen molar-refractivity contribution in [3.8, 4) is 5.88 Å². The predicted octanol–water partition coefficient (Wildman–Crippen LogP) is 2.22. The number of aryl methyl sites for hydroxylation is 2. The number of methoxy groups -OCH3 is 1. The van der Waals surface area contributed by atoms with E-state index in [2.05, 4.69) is 37.0 Å². The Kier molecular flexibility index (Phi) is 3.98. The molecule has 116 valence electrons. The zero-order chi connectivity index (χ0) is 15.7. The van der Waals surface area contributed by atoms with E-state index in [0.29, 0.717) is 25.6 Å². The second-order valence-corrected chi connectivity index (χ2v) is 5.63. The molecule has 1 amide bonds. The first-order valence-corrected chi connectivity index (χ1v) is 7.39. The number of carbonyl (C=O) groups is 1. The number of benzene rings is 1. The highest BCUT2D eigenvalue weighted by Gasteiger charge is 2.21. The largest absolute Gasteiger partial charge is 0.476 e. The Labute approximate surface area is 129 Å². The number of hydrogen-bond donors (Lipinski definition) is 0. The van der Waals surface area contributed by atoms with Gasteiger partial charge in [0.2, 0.25) is 11.8 Å². The molecule has 1 aromatic carbocycles. The summed E-state index contributed by atoms with van der Waals surface area (Å²) >= 11 is 0. The molecule has 0 aliphatic carbocycles. The first-order valence-electron chi connectivity index (χ1n) is 7.39. The summed E-state index contributed by atoms with van der Waals surface area (Å²) in [6.07, 6.45) is 0. The second kappa shape index (κ2) is 5.93. The van der Waals surface area contributed by atoms with Gasteiger partial charge in [-0.25, -0.2) is 4.98 Å². The smallest absolute Gasteiger partial charge is 0.248 e. The Balaban J connectivity index is 2.01. The summed E-state index contributed by atoms with van der Waals surface area (Å²) < 4.78 is 10.7. The highest BCUT2D eigenvalue weighted by Crippen LogP contribution is 2.28. The number of amides is 1. The van der Waals surface area contributed by atoms with E-state index in [9.17, 15) is 4.79 Å². The monoisotopic (exact) mass is 300 g/mol. The lowest BCUT2D eigenvalue weighted by atomic mass is 10.0. The van der Waals surface area contributed by atoms with Gasteiger partial charge in [0.15, 0.2) is 0 Å². The maximum Gasteiger partial charge on any atom is 0.248 e. The summed E-state index contributed by atoms with van der Waals surface area (Å²) in [5.41, 5.74) is 4.29. The lowest BCUT2D eigenvalue weighted by Gasteiger charge is -2.19. The SMILES string of the molecule is COCC(=O)N1CCOc2nc3c(C)c(C)ccc3cc2C1. The Morgan fingerprint density at radius 1 is 1.41 bits per heavy atom. The number of nitrogens with zero attached hydrogens (tertiary/aromatic N) is 2. The zero-order valence-corrected chi connectivity index (χ0v) is 13.2. The minimum Gasteiger partial charge on any atom is -0.476 e. The molecule has 1 aliphatic rings. The van der Waals surface area contributed by atoms with Crippen LogP contribution in [0.2, 0.25) is 0 Å². The molecule has 5 heteroatoms. The molecule has 0 atom stereocenters. The third-order valence-corrected chi connectivity index (χ3v) is 4.13. The van der Waals surface area contributed by atoms with Crippen molar-refractivity contribution in [2.45, 2.75) is 20.4 Å². The van der Waals surface area contributed by atoms with Crippen LogP contribution in [0.3, 0.4) is 0 Å². The highest BCUT2D eigenvalue weighted by atomic mass is 16.5. The van der Waals surface area contributed by atoms with Gasteiger partial charge < -0.3 is 14.4 Å². The fraction of sp³-hybridized carbons (Fsp3) is 0.412. The minimum atomic E-state index is -0.0286. The topological polar surface area (TPSA) is 51.7 Å². The molecule has 22 heavy (non-hydrogen) atoms. The molecule has 0 saturated heterocycles. The van der Waals surface area contributed by atoms with Crippen LogP contribution in [-0.2, 0) is 16.1 Å². The van der Waals surface area contributed by atoms with E-state index < -0.39 is 0 Å². The van der Waals surface area contributed by atoms with Crippen molar-refractivity contribution < 1.29 is 14.3 Å². The maximum atomic E-state index is 12.0. The lowest BCUT2D eigenvalue weighted by molar-refractivity contribution is -0.135. The van der Waals surface area contributed by atoms with Gasteiger partial charge in [-0.05, 0) is 31.0 Å². The Morgan fingerprint density at radius 2 is 2.23 bits per heavy atom. The summed E-state index contributed by atoms with van der Waals surface area (Å²) in [5, 5.41) is 1.08. The van der Waals surface area contributed by atoms with E-state index in [4.69, 9.17) is 9.47 Å². The van der Waals surface area contributed by atoms with Crippen molar-refractivity contribution in [3.63, 3.8) is 0 Å². The molecule has 5 nitrogen and oxygen atoms in total. The highest BCUT2D eigenvalue weighted by molar-refractivity contribution is 5.84. The van der Waals surface area contributed by atoms with Gasteiger partial charge in [-0.2, -0.15) is 0 Å². The molecule has 0 unspecified atom stereocenters. The van der Waals surface area contributed by atoms with E-state index in [0.717, 1.165) is 16.5 Å². The van der Waals surface area contributed by atoms with Crippen molar-refractivity contribution in [2.24, 2.45) is 0 Å². The average Bonchev–Trinajstić information content (AvgIpc) is 2.71. The third kappa shape index (κ3) is 2.64. The summed E-state index contributed by atoms with van der Waals surface area (Å²) in [5.74, 6) is 0.605. The Bertz CT molecular complexity index is 727. The molecule has 0 N–H and O–H groups in total. The van der Waals surface area contributed by atoms with Gasteiger partial charge >= 0.3 is 0 Å². The minimum absolute atomic E-state index is 0.0286. The molecule has 1 aliphatic heterocycles. The number of ether oxygens (including phenoxy) is 2. The summed E-state index contributed by atoms with van der Waals surface area (Å²) in [4.78, 5) is 18.5. The van der Waals surface area contributed by atoms with Gasteiger partial charge in [0.1, 0.15) is 13.2 Å². The van der Waals surface area contributed by atoms with Crippen LogP contribution >= 0.6 is 0 Å². The fourth-order valence-electron chi connectivity index (χ4n) is 2.71. The molecule has 0 saturated carbocycles. The zero-order valence-electron chi connectivity index (χ0n) is 13.2. The molecule has 0 bridgehead atoms. The first kappa shape index (κ1) is 14.8. The van der Waals surface area contributed by atoms with Crippen molar-refractivity contribution in [1.82, 2.24) is 9.88 Å². The number of aromatic nitrogens is 1. The van der Waals surface area contributed by atoms with Crippen molar-refractivity contribution in [3.05, 3.63) is 34.9 Å². The van der Waals surface area contributed by atoms with Crippen LogP contribution in [0.4, 0.5) is 0 Å². The number of pyridine rings is 1. The summed E-state index contributed by atoms with van der Waals surface area (Å²) in [7, 11) is 1.53. The first-order chi connectivity index (χ1) is 10.6. The quantitative estimate of drug-likeness (QED) is 0.853. The molecule has 2 heterocycles. The molecule has 0 fully saturated rings. The standard InChI is InChI=1S/C17H20N2O3/c1-11-4-5-13-8-14-9-19(15(20)10-21-3)6-7-22-17(14)18-16(13)12(11)2/h4-5,8H,6-7,9-10H2,1-3H3. The number of carbonyl (C=O) groups excluding carboxylic acids is 1. The molecular formula is C17H20N2O3. The third-order valence-electron chi connectivity index (χ3n) is 4.13. The van der Waals surface area contributed by atoms with Crippen LogP contribution in [0.1, 0.15) is 16.7 Å². The van der Waals surface area contributed by atoms with Crippen molar-refractivity contribution in [2.75, 3.05) is 26.9 Å². The number of fused-ring (bicyclic) bond motifs is 2. The fourth-order valence-corrected chi connectivity index (χ4v) is 2.71. The number of hydrogen-bond acceptors (Lipinski definition) is 4. The molecular weight excluding hydrogens is 280 g/mol. The average molecular weight is 300 g/mol. The van der Waals surface area contributed by atoms with E-state index >= 15 is 0 Å². The van der Waals surface area contributed by atoms with Gasteiger partial charge in [-0.15, -0.1) is 0 Å². The Morgan fingerprint density at radius 3 is 3.00 bits per heavy atom. The number of rotatable bonds is 2. The van der Waals surface area contributed by atoms with E-state index in [1.807, 2.05) is 0 Å². The van der Waals surface area contributed by atoms with Crippen LogP contribution in [-0.4, -0.2) is 42.7 Å². The normalized spacial score (nSPS) is 14.4. The van der Waals surface area contributed by atoms with Gasteiger partial charge in [0.25, 0.3) is 0 Å². The predicted molar refractivity (Wildman–Crippen MR) is 84.0 cm³/mol. The Hall–Kier alpha value is -2.14. The van der Waals surface area contributed by atoms with E-state index in [-0.39, 0.29) is 12.5 Å². The van der Waals surface area contributed by atoms with Crippen LogP contribution in [0, 0.1) is 13.8 Å². The van der Waals surface area contributed by atoms with Gasteiger partial charge in [-0.1, -0.05) is 12.1 Å². The molecule has 3 rings (SSSR count). The summed E-state index contributed by atoms with van der Waals surface area (Å²) in [6, 6.07) is 6.23. The second-order valence-electron chi connectivity index (χ2n) is 5.63. The molecule has 1 aromatic heterocycles. The lowest BCUT2D eigenvalue weighted by Crippen LogP contribution is -2.34. The van der Waals surface area contributed by atoms with Crippen molar-refractivity contribution >= 4 is 16.8 Å². The van der Waals surface area contributed by atoms with Crippen LogP contribution in [0.25, 0.3) is 10.9 Å². The maximum absolute atomic E-state index is 12.0. The van der Waals surface area contributed by atoms with Crippen LogP contribution in [0.5, 0.6) is 5.88 Å². The van der Waals surface area contributed by atoms with E-state index in [1.54, 1.807) is 4.90 Å². The van der Waals surface area contributed by atoms with Crippen LogP contribution in [0.15, 0.2) is 18.2 Å². The van der Waals surface area contributed by atoms with Crippen LogP contribution < -0.4 is 4.74 Å². The summed E-state index contributed by atoms with van der Waals surface area (Å²) in [6.45, 7) is 5.75. The van der Waals surface area contributed by atoms with Gasteiger partial charge in [-0.3, -0.25) is 4.79 Å². The molecule has 0 spiro atoms.